The topological polar surface area (TPSA) is 26.3 Å². The minimum absolute atomic E-state index is 0.865. The number of hydrogen-bond donors (Lipinski definition) is 0. The lowest BCUT2D eigenvalue weighted by molar-refractivity contribution is 0.664. The monoisotopic (exact) mass is 586 g/mol. The van der Waals surface area contributed by atoms with Gasteiger partial charge in [0.2, 0.25) is 0 Å². The summed E-state index contributed by atoms with van der Waals surface area (Å²) in [6, 6.07) is 56.1. The third-order valence-electron chi connectivity index (χ3n) is 9.46. The molecule has 2 aromatic heterocycles. The highest BCUT2D eigenvalue weighted by molar-refractivity contribution is 6.25. The molecule has 0 unspecified atom stereocenters. The molecular weight excluding hydrogens is 560 g/mol. The SMILES string of the molecule is c1ccc(-c2cccc(-c3c4ccccc4c(-c4cccc5c4oc4cc6c(cc45)oc4ccccc46)c4ccccc34)c2)cc1. The van der Waals surface area contributed by atoms with Crippen molar-refractivity contribution in [1.82, 2.24) is 0 Å². The van der Waals surface area contributed by atoms with Gasteiger partial charge in [0.15, 0.2) is 0 Å². The van der Waals surface area contributed by atoms with Gasteiger partial charge in [-0.1, -0.05) is 133 Å². The van der Waals surface area contributed by atoms with Crippen molar-refractivity contribution in [3.8, 4) is 33.4 Å². The fraction of sp³-hybridized carbons (Fsp3) is 0. The van der Waals surface area contributed by atoms with Crippen molar-refractivity contribution in [2.75, 3.05) is 0 Å². The lowest BCUT2D eigenvalue weighted by atomic mass is 9.85. The molecule has 0 bridgehead atoms. The first kappa shape index (κ1) is 25.2. The van der Waals surface area contributed by atoms with Crippen LogP contribution < -0.4 is 0 Å². The molecule has 2 heteroatoms. The molecule has 214 valence electrons. The first-order valence-corrected chi connectivity index (χ1v) is 15.7. The fourth-order valence-electron chi connectivity index (χ4n) is 7.43. The van der Waals surface area contributed by atoms with Gasteiger partial charge in [-0.2, -0.15) is 0 Å². The van der Waals surface area contributed by atoms with Crippen molar-refractivity contribution in [2.45, 2.75) is 0 Å². The Balaban J connectivity index is 1.27. The van der Waals surface area contributed by atoms with Crippen LogP contribution in [0.15, 0.2) is 167 Å². The van der Waals surface area contributed by atoms with Crippen LogP contribution in [0.5, 0.6) is 0 Å². The fourth-order valence-corrected chi connectivity index (χ4v) is 7.43. The van der Waals surface area contributed by atoms with E-state index in [0.29, 0.717) is 0 Å². The summed E-state index contributed by atoms with van der Waals surface area (Å²) >= 11 is 0. The molecule has 0 N–H and O–H groups in total. The molecule has 0 aliphatic heterocycles. The molecule has 0 spiro atoms. The number of furan rings is 2. The average molecular weight is 587 g/mol. The van der Waals surface area contributed by atoms with Crippen LogP contribution >= 0.6 is 0 Å². The Morgan fingerprint density at radius 2 is 0.804 bits per heavy atom. The van der Waals surface area contributed by atoms with Crippen LogP contribution in [0.3, 0.4) is 0 Å². The predicted octanol–water partition coefficient (Wildman–Crippen LogP) is 12.8. The van der Waals surface area contributed by atoms with Gasteiger partial charge in [0.25, 0.3) is 0 Å². The van der Waals surface area contributed by atoms with Gasteiger partial charge in [0.05, 0.1) is 0 Å². The van der Waals surface area contributed by atoms with E-state index >= 15 is 0 Å². The second kappa shape index (κ2) is 9.69. The van der Waals surface area contributed by atoms with Crippen LogP contribution in [0.1, 0.15) is 0 Å². The zero-order chi connectivity index (χ0) is 30.2. The molecule has 0 saturated heterocycles. The second-order valence-corrected chi connectivity index (χ2v) is 12.0. The molecular formula is C44H26O2. The Labute approximate surface area is 264 Å². The molecule has 0 saturated carbocycles. The van der Waals surface area contributed by atoms with E-state index in [1.54, 1.807) is 0 Å². The van der Waals surface area contributed by atoms with E-state index in [4.69, 9.17) is 8.83 Å². The van der Waals surface area contributed by atoms with E-state index in [9.17, 15) is 0 Å². The van der Waals surface area contributed by atoms with E-state index in [1.807, 2.05) is 12.1 Å². The number of benzene rings is 8. The van der Waals surface area contributed by atoms with Crippen molar-refractivity contribution >= 4 is 65.4 Å². The Morgan fingerprint density at radius 1 is 0.283 bits per heavy atom. The Kier molecular flexibility index (Phi) is 5.31. The van der Waals surface area contributed by atoms with Gasteiger partial charge in [0, 0.05) is 32.7 Å². The maximum absolute atomic E-state index is 6.80. The summed E-state index contributed by atoms with van der Waals surface area (Å²) in [6.45, 7) is 0. The van der Waals surface area contributed by atoms with Crippen LogP contribution in [0.2, 0.25) is 0 Å². The molecule has 0 radical (unpaired) electrons. The van der Waals surface area contributed by atoms with Gasteiger partial charge >= 0.3 is 0 Å². The van der Waals surface area contributed by atoms with E-state index < -0.39 is 0 Å². The Bertz CT molecular complexity index is 2740. The molecule has 46 heavy (non-hydrogen) atoms. The molecule has 8 aromatic carbocycles. The zero-order valence-corrected chi connectivity index (χ0v) is 24.8. The van der Waals surface area contributed by atoms with Crippen molar-refractivity contribution in [2.24, 2.45) is 0 Å². The lowest BCUT2D eigenvalue weighted by Crippen LogP contribution is -1.91. The molecule has 0 amide bonds. The van der Waals surface area contributed by atoms with Gasteiger partial charge in [-0.05, 0) is 68.1 Å². The zero-order valence-electron chi connectivity index (χ0n) is 24.8. The maximum atomic E-state index is 6.80. The van der Waals surface area contributed by atoms with Crippen LogP contribution in [0, 0.1) is 0 Å². The van der Waals surface area contributed by atoms with E-state index in [-0.39, 0.29) is 0 Å². The van der Waals surface area contributed by atoms with Gasteiger partial charge in [-0.3, -0.25) is 0 Å². The molecule has 0 aliphatic rings. The second-order valence-electron chi connectivity index (χ2n) is 12.0. The highest BCUT2D eigenvalue weighted by atomic mass is 16.3. The van der Waals surface area contributed by atoms with Crippen LogP contribution in [0.4, 0.5) is 0 Å². The first-order valence-electron chi connectivity index (χ1n) is 15.7. The summed E-state index contributed by atoms with van der Waals surface area (Å²) in [5.74, 6) is 0. The highest BCUT2D eigenvalue weighted by Crippen LogP contribution is 2.47. The number of rotatable bonds is 3. The van der Waals surface area contributed by atoms with Gasteiger partial charge in [-0.15, -0.1) is 0 Å². The van der Waals surface area contributed by atoms with E-state index in [1.165, 1.54) is 49.4 Å². The minimum Gasteiger partial charge on any atom is -0.456 e. The molecule has 2 nitrogen and oxygen atoms in total. The molecule has 0 atom stereocenters. The first-order chi connectivity index (χ1) is 22.8. The molecule has 0 fully saturated rings. The third-order valence-corrected chi connectivity index (χ3v) is 9.46. The van der Waals surface area contributed by atoms with Crippen molar-refractivity contribution in [3.05, 3.63) is 158 Å². The Morgan fingerprint density at radius 3 is 1.54 bits per heavy atom. The Hall–Kier alpha value is -6.12. The number of fused-ring (bicyclic) bond motifs is 8. The largest absolute Gasteiger partial charge is 0.456 e. The van der Waals surface area contributed by atoms with E-state index in [2.05, 4.69) is 146 Å². The summed E-state index contributed by atoms with van der Waals surface area (Å²) in [7, 11) is 0. The predicted molar refractivity (Wildman–Crippen MR) is 192 cm³/mol. The third kappa shape index (κ3) is 3.65. The summed E-state index contributed by atoms with van der Waals surface area (Å²) in [5, 5.41) is 9.17. The average Bonchev–Trinajstić information content (AvgIpc) is 3.67. The smallest absolute Gasteiger partial charge is 0.143 e. The minimum atomic E-state index is 0.865. The number of hydrogen-bond acceptors (Lipinski definition) is 2. The normalized spacial score (nSPS) is 11.9. The van der Waals surface area contributed by atoms with Crippen molar-refractivity contribution < 1.29 is 8.83 Å². The number of para-hydroxylation sites is 2. The summed E-state index contributed by atoms with van der Waals surface area (Å²) in [5.41, 5.74) is 10.7. The highest BCUT2D eigenvalue weighted by Gasteiger charge is 2.21. The van der Waals surface area contributed by atoms with Gasteiger partial charge in [-0.25, -0.2) is 0 Å². The van der Waals surface area contributed by atoms with Crippen LogP contribution in [-0.2, 0) is 0 Å². The van der Waals surface area contributed by atoms with E-state index in [0.717, 1.165) is 49.4 Å². The van der Waals surface area contributed by atoms with Crippen molar-refractivity contribution in [1.29, 1.82) is 0 Å². The standard InChI is InChI=1S/C44H26O2/c1-2-12-27(13-3-1)28-14-10-15-29(24-28)42-31-17-4-6-19-33(31)43(34-20-7-5-18-32(34)42)36-22-11-21-35-38-26-40-37(25-41(38)46-44(35)36)30-16-8-9-23-39(30)45-40/h1-26H. The molecule has 2 heterocycles. The van der Waals surface area contributed by atoms with Crippen LogP contribution in [0.25, 0.3) is 98.8 Å². The summed E-state index contributed by atoms with van der Waals surface area (Å²) in [6.07, 6.45) is 0. The molecule has 0 aliphatic carbocycles. The van der Waals surface area contributed by atoms with Crippen LogP contribution in [-0.4, -0.2) is 0 Å². The van der Waals surface area contributed by atoms with Gasteiger partial charge in [0.1, 0.15) is 22.3 Å². The quantitative estimate of drug-likeness (QED) is 0.193. The van der Waals surface area contributed by atoms with Crippen molar-refractivity contribution in [3.63, 3.8) is 0 Å². The van der Waals surface area contributed by atoms with Gasteiger partial charge < -0.3 is 8.83 Å². The molecule has 10 aromatic rings. The summed E-state index contributed by atoms with van der Waals surface area (Å²) in [4.78, 5) is 0. The molecule has 10 rings (SSSR count). The lowest BCUT2D eigenvalue weighted by Gasteiger charge is -2.18. The maximum Gasteiger partial charge on any atom is 0.143 e. The summed E-state index contributed by atoms with van der Waals surface area (Å²) < 4.78 is 13.1.